The first-order valence-corrected chi connectivity index (χ1v) is 7.44. The molecule has 1 N–H and O–H groups in total. The van der Waals surface area contributed by atoms with Crippen LogP contribution in [0.15, 0.2) is 24.3 Å². The van der Waals surface area contributed by atoms with E-state index in [0.717, 1.165) is 29.8 Å². The lowest BCUT2D eigenvalue weighted by Crippen LogP contribution is -2.47. The first kappa shape index (κ1) is 12.1. The highest BCUT2D eigenvalue weighted by Crippen LogP contribution is 2.44. The molecule has 3 heteroatoms. The van der Waals surface area contributed by atoms with E-state index in [1.165, 1.54) is 4.70 Å². The van der Waals surface area contributed by atoms with Gasteiger partial charge in [0.2, 0.25) is 0 Å². The summed E-state index contributed by atoms with van der Waals surface area (Å²) in [7, 11) is 0. The highest BCUT2D eigenvalue weighted by Gasteiger charge is 2.44. The van der Waals surface area contributed by atoms with E-state index in [4.69, 9.17) is 0 Å². The van der Waals surface area contributed by atoms with Crippen molar-refractivity contribution in [2.75, 3.05) is 0 Å². The molecule has 1 aromatic carbocycles. The Bertz CT molecular complexity index is 521. The van der Waals surface area contributed by atoms with Crippen molar-refractivity contribution in [3.05, 3.63) is 29.3 Å². The Morgan fingerprint density at radius 2 is 2.11 bits per heavy atom. The molecule has 1 aromatic heterocycles. The molecule has 1 saturated carbocycles. The average molecular weight is 261 g/mol. The molecule has 0 saturated heterocycles. The van der Waals surface area contributed by atoms with Gasteiger partial charge < -0.3 is 5.11 Å². The number of aromatic nitrogens is 1. The maximum atomic E-state index is 10.5. The summed E-state index contributed by atoms with van der Waals surface area (Å²) in [6.45, 7) is 4.48. The van der Waals surface area contributed by atoms with Gasteiger partial charge in [0.15, 0.2) is 0 Å². The van der Waals surface area contributed by atoms with E-state index < -0.39 is 5.60 Å². The number of rotatable bonds is 3. The first-order valence-electron chi connectivity index (χ1n) is 6.63. The lowest BCUT2D eigenvalue weighted by atomic mass is 9.65. The van der Waals surface area contributed by atoms with Crippen molar-refractivity contribution in [1.29, 1.82) is 0 Å². The van der Waals surface area contributed by atoms with Crippen molar-refractivity contribution in [3.63, 3.8) is 0 Å². The minimum absolute atomic E-state index is 0.497. The van der Waals surface area contributed by atoms with Gasteiger partial charge in [-0.15, -0.1) is 11.3 Å². The van der Waals surface area contributed by atoms with Crippen LogP contribution in [-0.2, 0) is 6.42 Å². The van der Waals surface area contributed by atoms with Gasteiger partial charge in [-0.05, 0) is 36.8 Å². The molecule has 1 aliphatic rings. The number of para-hydroxylation sites is 1. The number of aliphatic hydroxyl groups is 1. The van der Waals surface area contributed by atoms with E-state index in [-0.39, 0.29) is 0 Å². The average Bonchev–Trinajstić information content (AvgIpc) is 2.67. The summed E-state index contributed by atoms with van der Waals surface area (Å²) in [5.74, 6) is 1.37. The second-order valence-electron chi connectivity index (χ2n) is 5.89. The van der Waals surface area contributed by atoms with Gasteiger partial charge in [-0.25, -0.2) is 4.98 Å². The van der Waals surface area contributed by atoms with Crippen LogP contribution < -0.4 is 0 Å². The van der Waals surface area contributed by atoms with E-state index in [0.29, 0.717) is 11.8 Å². The van der Waals surface area contributed by atoms with Gasteiger partial charge >= 0.3 is 0 Å². The van der Waals surface area contributed by atoms with Crippen molar-refractivity contribution in [2.45, 2.75) is 38.7 Å². The molecule has 96 valence electrons. The molecule has 3 rings (SSSR count). The predicted octanol–water partition coefficient (Wildman–Crippen LogP) is 3.64. The number of thiazole rings is 1. The molecule has 2 aromatic rings. The largest absolute Gasteiger partial charge is 0.389 e. The maximum absolute atomic E-state index is 10.5. The summed E-state index contributed by atoms with van der Waals surface area (Å²) in [5.41, 5.74) is 0.559. The van der Waals surface area contributed by atoms with Crippen LogP contribution in [0.4, 0.5) is 0 Å². The zero-order valence-electron chi connectivity index (χ0n) is 10.9. The highest BCUT2D eigenvalue weighted by molar-refractivity contribution is 7.18. The lowest BCUT2D eigenvalue weighted by Gasteiger charge is -2.45. The van der Waals surface area contributed by atoms with Gasteiger partial charge in [-0.1, -0.05) is 26.0 Å². The second kappa shape index (κ2) is 4.32. The molecule has 0 aliphatic heterocycles. The molecule has 1 aliphatic carbocycles. The zero-order chi connectivity index (χ0) is 12.8. The van der Waals surface area contributed by atoms with Gasteiger partial charge in [-0.3, -0.25) is 0 Å². The standard InChI is InChI=1S/C15H19NOS/c1-10(2)11-7-15(17,8-11)9-14-16-12-5-3-4-6-13(12)18-14/h3-6,10-11,17H,7-9H2,1-2H3. The zero-order valence-corrected chi connectivity index (χ0v) is 11.7. The molecule has 0 atom stereocenters. The third kappa shape index (κ3) is 2.17. The van der Waals surface area contributed by atoms with E-state index in [9.17, 15) is 5.11 Å². The van der Waals surface area contributed by atoms with Gasteiger partial charge in [0, 0.05) is 6.42 Å². The second-order valence-corrected chi connectivity index (χ2v) is 7.00. The summed E-state index contributed by atoms with van der Waals surface area (Å²) in [6.07, 6.45) is 2.58. The Balaban J connectivity index is 1.73. The fourth-order valence-electron chi connectivity index (χ4n) is 2.81. The number of hydrogen-bond acceptors (Lipinski definition) is 3. The van der Waals surface area contributed by atoms with Gasteiger partial charge in [0.1, 0.15) is 0 Å². The fraction of sp³-hybridized carbons (Fsp3) is 0.533. The molecular weight excluding hydrogens is 242 g/mol. The van der Waals surface area contributed by atoms with Crippen LogP contribution >= 0.6 is 11.3 Å². The Morgan fingerprint density at radius 3 is 2.78 bits per heavy atom. The van der Waals surface area contributed by atoms with Gasteiger partial charge in [0.05, 0.1) is 20.8 Å². The normalized spacial score (nSPS) is 27.7. The molecule has 0 spiro atoms. The van der Waals surface area contributed by atoms with Gasteiger partial charge in [-0.2, -0.15) is 0 Å². The van der Waals surface area contributed by atoms with E-state index in [1.54, 1.807) is 11.3 Å². The van der Waals surface area contributed by atoms with Crippen LogP contribution in [0.25, 0.3) is 10.2 Å². The number of fused-ring (bicyclic) bond motifs is 1. The number of benzene rings is 1. The first-order chi connectivity index (χ1) is 8.56. The molecule has 0 bridgehead atoms. The Hall–Kier alpha value is -0.930. The summed E-state index contributed by atoms with van der Waals surface area (Å²) in [6, 6.07) is 8.19. The number of nitrogens with zero attached hydrogens (tertiary/aromatic N) is 1. The van der Waals surface area contributed by atoms with Gasteiger partial charge in [0.25, 0.3) is 0 Å². The molecule has 0 amide bonds. The Kier molecular flexibility index (Phi) is 2.91. The van der Waals surface area contributed by atoms with Crippen LogP contribution in [0.2, 0.25) is 0 Å². The quantitative estimate of drug-likeness (QED) is 0.915. The van der Waals surface area contributed by atoms with Crippen LogP contribution in [0.1, 0.15) is 31.7 Å². The topological polar surface area (TPSA) is 33.1 Å². The van der Waals surface area contributed by atoms with Crippen molar-refractivity contribution >= 4 is 21.6 Å². The summed E-state index contributed by atoms with van der Waals surface area (Å²) in [4.78, 5) is 4.61. The molecule has 1 heterocycles. The molecule has 1 fully saturated rings. The fourth-order valence-corrected chi connectivity index (χ4v) is 3.91. The van der Waals surface area contributed by atoms with Crippen molar-refractivity contribution < 1.29 is 5.11 Å². The molecular formula is C15H19NOS. The third-order valence-electron chi connectivity index (χ3n) is 4.05. The third-order valence-corrected chi connectivity index (χ3v) is 5.08. The summed E-state index contributed by atoms with van der Waals surface area (Å²) in [5, 5.41) is 11.5. The SMILES string of the molecule is CC(C)C1CC(O)(Cc2nc3ccccc3s2)C1. The van der Waals surface area contributed by atoms with Crippen LogP contribution in [0.5, 0.6) is 0 Å². The lowest BCUT2D eigenvalue weighted by molar-refractivity contribution is -0.0859. The Labute approximate surface area is 112 Å². The van der Waals surface area contributed by atoms with E-state index in [2.05, 4.69) is 24.9 Å². The minimum atomic E-state index is -0.497. The summed E-state index contributed by atoms with van der Waals surface area (Å²) < 4.78 is 1.22. The Morgan fingerprint density at radius 1 is 1.39 bits per heavy atom. The van der Waals surface area contributed by atoms with Crippen molar-refractivity contribution in [1.82, 2.24) is 4.98 Å². The van der Waals surface area contributed by atoms with Crippen molar-refractivity contribution in [3.8, 4) is 0 Å². The molecule has 18 heavy (non-hydrogen) atoms. The monoisotopic (exact) mass is 261 g/mol. The predicted molar refractivity (Wildman–Crippen MR) is 75.8 cm³/mol. The van der Waals surface area contributed by atoms with Crippen molar-refractivity contribution in [2.24, 2.45) is 11.8 Å². The van der Waals surface area contributed by atoms with Crippen LogP contribution in [-0.4, -0.2) is 15.7 Å². The highest BCUT2D eigenvalue weighted by atomic mass is 32.1. The molecule has 0 radical (unpaired) electrons. The van der Waals surface area contributed by atoms with E-state index >= 15 is 0 Å². The smallest absolute Gasteiger partial charge is 0.0967 e. The van der Waals surface area contributed by atoms with E-state index in [1.807, 2.05) is 18.2 Å². The molecule has 0 unspecified atom stereocenters. The minimum Gasteiger partial charge on any atom is -0.389 e. The van der Waals surface area contributed by atoms with Crippen LogP contribution in [0.3, 0.4) is 0 Å². The summed E-state index contributed by atoms with van der Waals surface area (Å²) >= 11 is 1.71. The number of hydrogen-bond donors (Lipinski definition) is 1. The van der Waals surface area contributed by atoms with Crippen LogP contribution in [0, 0.1) is 11.8 Å². The molecule has 2 nitrogen and oxygen atoms in total. The maximum Gasteiger partial charge on any atom is 0.0967 e.